The molecule has 6 heterocycles. The maximum Gasteiger partial charge on any atom is 0.217 e. The minimum atomic E-state index is -2.16. The van der Waals surface area contributed by atoms with Crippen LogP contribution in [-0.2, 0) is 61.7 Å². The summed E-state index contributed by atoms with van der Waals surface area (Å²) >= 11 is 0. The minimum absolute atomic E-state index is 0.796. The predicted octanol–water partition coefficient (Wildman–Crippen LogP) is -11.8. The molecular weight excluding hydrogens is 972 g/mol. The second-order valence-electron chi connectivity index (χ2n) is 18.3. The number of ether oxygens (including phenoxy) is 11. The molecule has 0 bridgehead atoms. The summed E-state index contributed by atoms with van der Waals surface area (Å²) in [6.45, 7) is 1.30. The number of aliphatic hydroxyl groups excluding tert-OH is 16. The van der Waals surface area contributed by atoms with E-state index in [9.17, 15) is 91.3 Å². The fourth-order valence-corrected chi connectivity index (χ4v) is 9.00. The van der Waals surface area contributed by atoms with Crippen LogP contribution in [0, 0.1) is 0 Å². The third-order valence-corrected chi connectivity index (χ3v) is 13.1. The maximum atomic E-state index is 12.9. The number of rotatable bonds is 16. The van der Waals surface area contributed by atoms with Crippen molar-refractivity contribution in [2.24, 2.45) is 0 Å². The van der Waals surface area contributed by atoms with Crippen molar-refractivity contribution in [2.45, 2.75) is 212 Å². The van der Waals surface area contributed by atoms with Gasteiger partial charge in [0.15, 0.2) is 37.7 Å². The number of hydrogen-bond donors (Lipinski definition) is 18. The van der Waals surface area contributed by atoms with E-state index in [0.717, 1.165) is 13.8 Å². The smallest absolute Gasteiger partial charge is 0.217 e. The summed E-state index contributed by atoms with van der Waals surface area (Å²) in [6.07, 6.45) is -50.3. The first-order valence-corrected chi connectivity index (χ1v) is 22.8. The first kappa shape index (κ1) is 58.1. The van der Waals surface area contributed by atoms with Crippen molar-refractivity contribution in [3.05, 3.63) is 0 Å². The van der Waals surface area contributed by atoms with Crippen molar-refractivity contribution in [1.82, 2.24) is 10.6 Å². The molecular formula is C40H68N2O29. The molecule has 0 aromatic carbocycles. The highest BCUT2D eigenvalue weighted by Crippen LogP contribution is 2.36. The second-order valence-corrected chi connectivity index (χ2v) is 18.3. The lowest BCUT2D eigenvalue weighted by Gasteiger charge is -2.51. The van der Waals surface area contributed by atoms with Crippen LogP contribution in [0.1, 0.15) is 27.7 Å². The Hall–Kier alpha value is -2.14. The molecule has 2 amide bonds. The number of nitrogens with one attached hydrogen (secondary N) is 2. The summed E-state index contributed by atoms with van der Waals surface area (Å²) in [5.41, 5.74) is 0. The molecule has 6 saturated heterocycles. The fraction of sp³-hybridized carbons (Fsp3) is 0.950. The molecule has 18 N–H and O–H groups in total. The van der Waals surface area contributed by atoms with Crippen LogP contribution in [0.5, 0.6) is 0 Å². The van der Waals surface area contributed by atoms with E-state index in [0.29, 0.717) is 0 Å². The Morgan fingerprint density at radius 2 is 0.775 bits per heavy atom. The normalized spacial score (nSPS) is 50.8. The number of hydrogen-bond acceptors (Lipinski definition) is 29. The van der Waals surface area contributed by atoms with E-state index in [1.165, 1.54) is 13.8 Å². The zero-order valence-corrected chi connectivity index (χ0v) is 38.6. The van der Waals surface area contributed by atoms with Gasteiger partial charge in [0.2, 0.25) is 11.8 Å². The second kappa shape index (κ2) is 24.7. The molecule has 30 atom stereocenters. The molecule has 0 saturated carbocycles. The predicted molar refractivity (Wildman–Crippen MR) is 220 cm³/mol. The molecule has 0 radical (unpaired) electrons. The Labute approximate surface area is 403 Å². The van der Waals surface area contributed by atoms with Gasteiger partial charge in [-0.2, -0.15) is 0 Å². The van der Waals surface area contributed by atoms with Crippen LogP contribution in [-0.4, -0.2) is 304 Å². The lowest BCUT2D eigenvalue weighted by molar-refractivity contribution is -0.378. The Morgan fingerprint density at radius 3 is 1.31 bits per heavy atom. The molecule has 0 spiro atoms. The highest BCUT2D eigenvalue weighted by molar-refractivity contribution is 5.73. The third-order valence-electron chi connectivity index (χ3n) is 13.1. The van der Waals surface area contributed by atoms with Gasteiger partial charge in [-0.15, -0.1) is 0 Å². The molecule has 31 heteroatoms. The Kier molecular flexibility index (Phi) is 20.2. The Bertz CT molecular complexity index is 1710. The van der Waals surface area contributed by atoms with Gasteiger partial charge < -0.3 is 144 Å². The van der Waals surface area contributed by atoms with Gasteiger partial charge in [-0.05, 0) is 13.8 Å². The Morgan fingerprint density at radius 1 is 0.394 bits per heavy atom. The third kappa shape index (κ3) is 12.8. The maximum absolute atomic E-state index is 12.9. The first-order valence-electron chi connectivity index (χ1n) is 22.8. The van der Waals surface area contributed by atoms with Crippen molar-refractivity contribution in [3.8, 4) is 0 Å². The SMILES string of the molecule is CC(=O)N[C@@H]1[C@@H](O[C@@H]2O[C@@H](C)[C@@H](O)[C@@H](O)[C@@H]2O)[C@H](O[C@@H]2O[C@H](CO)[C@@H](O)[C@H](O[C@H]3O[C@H](CO[C@H]4O[C@H](CO)[C@@H](O)[C@H](O)[C@@H]4O)[C@@H](O)[C@H](O)[C@@H]3O)[C@H]2NC(C)=O)[C@@H](CO[C@@H]2O[C@@H](C)[C@@H](O)[C@@H](O)[C@@H]2O)O[C@H]1O. The van der Waals surface area contributed by atoms with Gasteiger partial charge in [-0.25, -0.2) is 0 Å². The van der Waals surface area contributed by atoms with Gasteiger partial charge in [0.1, 0.15) is 134 Å². The monoisotopic (exact) mass is 1040 g/mol. The van der Waals surface area contributed by atoms with Crippen molar-refractivity contribution >= 4 is 11.8 Å². The summed E-state index contributed by atoms with van der Waals surface area (Å²) in [4.78, 5) is 25.6. The zero-order chi connectivity index (χ0) is 52.5. The lowest BCUT2D eigenvalue weighted by atomic mass is 9.93. The molecule has 412 valence electrons. The summed E-state index contributed by atoms with van der Waals surface area (Å²) < 4.78 is 64.0. The topological polar surface area (TPSA) is 483 Å². The summed E-state index contributed by atoms with van der Waals surface area (Å²) in [6, 6.07) is -3.50. The standard InChI is InChI=1S/C40H68N2O29/c1-9-19(47)24(52)28(56)37(63-9)62-8-16-32(34(17(35(60)65-16)41-11(3)45)71-39-30(58)25(53)20(48)10(2)64-39)69-36-18(42-12(4)46)33(23(51)14(6-44)66-36)70-40-31(59)27(55)22(50)15(68-40)7-61-38-29(57)26(54)21(49)13(5-43)67-38/h9-10,13-40,43-44,47-60H,5-8H2,1-4H3,(H,41,45)(H,42,46)/t9-,10-,13+,14+,15+,16+,17+,18+,19+,20+,21+,22+,23+,24+,25+,26-,27-,28-,29-,30-,31-,32+,33+,34+,35+,36-,37+,38-,39-,40+/m0/s1. The van der Waals surface area contributed by atoms with Crippen LogP contribution in [0.4, 0.5) is 0 Å². The summed E-state index contributed by atoms with van der Waals surface area (Å²) in [5, 5.41) is 175. The first-order chi connectivity index (χ1) is 33.4. The van der Waals surface area contributed by atoms with Gasteiger partial charge in [-0.3, -0.25) is 9.59 Å². The summed E-state index contributed by atoms with van der Waals surface area (Å²) in [7, 11) is 0. The molecule has 6 fully saturated rings. The van der Waals surface area contributed by atoms with Crippen molar-refractivity contribution in [3.63, 3.8) is 0 Å². The van der Waals surface area contributed by atoms with Gasteiger partial charge in [0.05, 0.1) is 38.6 Å². The van der Waals surface area contributed by atoms with Crippen LogP contribution in [0.25, 0.3) is 0 Å². The van der Waals surface area contributed by atoms with Crippen molar-refractivity contribution in [1.29, 1.82) is 0 Å². The average molecular weight is 1040 g/mol. The molecule has 6 aliphatic heterocycles. The number of carbonyl (C=O) groups is 2. The minimum Gasteiger partial charge on any atom is -0.394 e. The molecule has 0 aliphatic carbocycles. The van der Waals surface area contributed by atoms with E-state index in [1.807, 2.05) is 0 Å². The van der Waals surface area contributed by atoms with Gasteiger partial charge in [0.25, 0.3) is 0 Å². The van der Waals surface area contributed by atoms with Gasteiger partial charge >= 0.3 is 0 Å². The van der Waals surface area contributed by atoms with E-state index in [4.69, 9.17) is 52.1 Å². The van der Waals surface area contributed by atoms with Crippen molar-refractivity contribution < 1.29 is 143 Å². The van der Waals surface area contributed by atoms with Crippen LogP contribution in [0.15, 0.2) is 0 Å². The van der Waals surface area contributed by atoms with Gasteiger partial charge in [-0.1, -0.05) is 0 Å². The van der Waals surface area contributed by atoms with Crippen LogP contribution >= 0.6 is 0 Å². The number of aliphatic hydroxyl groups is 16. The molecule has 6 aliphatic rings. The average Bonchev–Trinajstić information content (AvgIpc) is 3.32. The number of carbonyl (C=O) groups excluding carboxylic acids is 2. The van der Waals surface area contributed by atoms with Crippen LogP contribution in [0.2, 0.25) is 0 Å². The Balaban J connectivity index is 1.33. The van der Waals surface area contributed by atoms with E-state index < -0.39 is 222 Å². The van der Waals surface area contributed by atoms with Gasteiger partial charge in [0, 0.05) is 13.8 Å². The molecule has 0 aromatic rings. The zero-order valence-electron chi connectivity index (χ0n) is 38.6. The van der Waals surface area contributed by atoms with E-state index in [-0.39, 0.29) is 0 Å². The highest BCUT2D eigenvalue weighted by Gasteiger charge is 2.57. The quantitative estimate of drug-likeness (QED) is 0.0682. The van der Waals surface area contributed by atoms with Crippen molar-refractivity contribution in [2.75, 3.05) is 26.4 Å². The van der Waals surface area contributed by atoms with Crippen LogP contribution in [0.3, 0.4) is 0 Å². The molecule has 71 heavy (non-hydrogen) atoms. The largest absolute Gasteiger partial charge is 0.394 e. The molecule has 31 nitrogen and oxygen atoms in total. The lowest BCUT2D eigenvalue weighted by Crippen LogP contribution is -2.71. The molecule has 0 unspecified atom stereocenters. The number of amides is 2. The molecule has 6 rings (SSSR count). The van der Waals surface area contributed by atoms with Crippen LogP contribution < -0.4 is 10.6 Å². The highest BCUT2D eigenvalue weighted by atomic mass is 16.8. The molecule has 0 aromatic heterocycles. The van der Waals surface area contributed by atoms with E-state index in [1.54, 1.807) is 0 Å². The summed E-state index contributed by atoms with van der Waals surface area (Å²) in [5.74, 6) is -1.66. The van der Waals surface area contributed by atoms with E-state index in [2.05, 4.69) is 10.6 Å². The fourth-order valence-electron chi connectivity index (χ4n) is 9.00. The van der Waals surface area contributed by atoms with E-state index >= 15 is 0 Å².